The van der Waals surface area contributed by atoms with E-state index in [4.69, 9.17) is 4.74 Å². The second-order valence-electron chi connectivity index (χ2n) is 6.50. The smallest absolute Gasteiger partial charge is 0.471 e. The molecule has 0 bridgehead atoms. The number of hydrogen-bond donors (Lipinski definition) is 1. The topological polar surface area (TPSA) is 54.5 Å². The lowest BCUT2D eigenvalue weighted by molar-refractivity contribution is -0.174. The van der Waals surface area contributed by atoms with Gasteiger partial charge in [0.1, 0.15) is 5.82 Å². The minimum atomic E-state index is -5.00. The van der Waals surface area contributed by atoms with Crippen molar-refractivity contribution >= 4 is 11.7 Å². The molecule has 1 fully saturated rings. The van der Waals surface area contributed by atoms with E-state index in [1.165, 1.54) is 19.2 Å². The Morgan fingerprint density at radius 1 is 1.29 bits per heavy atom. The summed E-state index contributed by atoms with van der Waals surface area (Å²) in [5.74, 6) is -2.45. The molecule has 0 saturated carbocycles. The molecule has 1 N–H and O–H groups in total. The Morgan fingerprint density at radius 3 is 2.68 bits per heavy atom. The van der Waals surface area contributed by atoms with Gasteiger partial charge in [-0.25, -0.2) is 9.37 Å². The lowest BCUT2D eigenvalue weighted by Crippen LogP contribution is -2.54. The highest BCUT2D eigenvalue weighted by Gasteiger charge is 2.42. The monoisotopic (exact) mass is 397 g/mol. The lowest BCUT2D eigenvalue weighted by atomic mass is 9.85. The number of benzene rings is 1. The Labute approximate surface area is 159 Å². The third-order valence-corrected chi connectivity index (χ3v) is 4.76. The van der Waals surface area contributed by atoms with Gasteiger partial charge in [0.05, 0.1) is 13.2 Å². The van der Waals surface area contributed by atoms with Crippen LogP contribution in [0.1, 0.15) is 17.9 Å². The van der Waals surface area contributed by atoms with Crippen molar-refractivity contribution in [1.82, 2.24) is 10.3 Å². The number of rotatable bonds is 4. The molecule has 1 amide bonds. The number of carbonyl (C=O) groups excluding carboxylic acids is 1. The van der Waals surface area contributed by atoms with Crippen molar-refractivity contribution in [3.05, 3.63) is 54.0 Å². The summed E-state index contributed by atoms with van der Waals surface area (Å²) in [6.07, 6.45) is -2.99. The molecule has 1 aromatic carbocycles. The number of alkyl halides is 3. The third kappa shape index (κ3) is 4.35. The van der Waals surface area contributed by atoms with Crippen molar-refractivity contribution in [3.8, 4) is 5.75 Å². The van der Waals surface area contributed by atoms with Crippen LogP contribution in [0.2, 0.25) is 0 Å². The second kappa shape index (κ2) is 8.04. The molecule has 0 radical (unpaired) electrons. The van der Waals surface area contributed by atoms with Gasteiger partial charge in [-0.2, -0.15) is 13.2 Å². The number of hydrogen-bond acceptors (Lipinski definition) is 4. The van der Waals surface area contributed by atoms with Crippen LogP contribution >= 0.6 is 0 Å². The molecular weight excluding hydrogens is 378 g/mol. The molecule has 3 rings (SSSR count). The maximum atomic E-state index is 14.1. The molecule has 0 aliphatic carbocycles. The molecule has 1 saturated heterocycles. The second-order valence-corrected chi connectivity index (χ2v) is 6.50. The SMILES string of the molecule is COc1ccc(C2CCN(c3ccccn3)CC2NC(=O)C(F)(F)F)cc1F. The average molecular weight is 397 g/mol. The highest BCUT2D eigenvalue weighted by molar-refractivity contribution is 5.82. The van der Waals surface area contributed by atoms with Crippen LogP contribution in [-0.4, -0.2) is 43.3 Å². The highest BCUT2D eigenvalue weighted by atomic mass is 19.4. The molecule has 9 heteroatoms. The zero-order chi connectivity index (χ0) is 20.3. The molecule has 0 spiro atoms. The molecule has 1 aliphatic rings. The summed E-state index contributed by atoms with van der Waals surface area (Å²) in [6.45, 7) is 0.630. The summed E-state index contributed by atoms with van der Waals surface area (Å²) < 4.78 is 57.4. The van der Waals surface area contributed by atoms with E-state index in [9.17, 15) is 22.4 Å². The van der Waals surface area contributed by atoms with Crippen molar-refractivity contribution < 1.29 is 27.1 Å². The molecule has 150 valence electrons. The van der Waals surface area contributed by atoms with Crippen molar-refractivity contribution in [2.24, 2.45) is 0 Å². The van der Waals surface area contributed by atoms with Gasteiger partial charge in [0.15, 0.2) is 11.6 Å². The maximum Gasteiger partial charge on any atom is 0.471 e. The van der Waals surface area contributed by atoms with E-state index < -0.39 is 29.9 Å². The van der Waals surface area contributed by atoms with Gasteiger partial charge in [-0.3, -0.25) is 4.79 Å². The predicted octanol–water partition coefficient (Wildman–Crippen LogP) is 3.27. The van der Waals surface area contributed by atoms with Gasteiger partial charge < -0.3 is 15.0 Å². The summed E-state index contributed by atoms with van der Waals surface area (Å²) in [7, 11) is 1.33. The normalized spacial score (nSPS) is 20.0. The van der Waals surface area contributed by atoms with E-state index >= 15 is 0 Å². The number of nitrogens with zero attached hydrogens (tertiary/aromatic N) is 2. The van der Waals surface area contributed by atoms with Crippen molar-refractivity contribution in [2.45, 2.75) is 24.6 Å². The van der Waals surface area contributed by atoms with Gasteiger partial charge in [0.2, 0.25) is 0 Å². The largest absolute Gasteiger partial charge is 0.494 e. The first-order valence-electron chi connectivity index (χ1n) is 8.66. The van der Waals surface area contributed by atoms with E-state index in [0.717, 1.165) is 0 Å². The van der Waals surface area contributed by atoms with Crippen LogP contribution in [0, 0.1) is 5.82 Å². The zero-order valence-corrected chi connectivity index (χ0v) is 15.0. The molecule has 28 heavy (non-hydrogen) atoms. The van der Waals surface area contributed by atoms with Crippen LogP contribution in [0.25, 0.3) is 0 Å². The molecule has 1 aliphatic heterocycles. The number of aromatic nitrogens is 1. The molecule has 2 unspecified atom stereocenters. The number of anilines is 1. The minimum Gasteiger partial charge on any atom is -0.494 e. The summed E-state index contributed by atoms with van der Waals surface area (Å²) >= 11 is 0. The first-order valence-corrected chi connectivity index (χ1v) is 8.66. The fourth-order valence-corrected chi connectivity index (χ4v) is 3.41. The van der Waals surface area contributed by atoms with E-state index in [1.54, 1.807) is 35.4 Å². The van der Waals surface area contributed by atoms with E-state index in [1.807, 2.05) is 0 Å². The van der Waals surface area contributed by atoms with Gasteiger partial charge in [0.25, 0.3) is 0 Å². The molecule has 5 nitrogen and oxygen atoms in total. The first-order chi connectivity index (χ1) is 13.3. The van der Waals surface area contributed by atoms with Crippen LogP contribution in [0.15, 0.2) is 42.6 Å². The van der Waals surface area contributed by atoms with Crippen molar-refractivity contribution in [2.75, 3.05) is 25.1 Å². The van der Waals surface area contributed by atoms with E-state index in [0.29, 0.717) is 24.3 Å². The number of pyridine rings is 1. The summed E-state index contributed by atoms with van der Waals surface area (Å²) in [5, 5.41) is 2.07. The number of ether oxygens (including phenoxy) is 1. The Hall–Kier alpha value is -2.84. The minimum absolute atomic E-state index is 0.0468. The molecule has 2 atom stereocenters. The molecular formula is C19H19F4N3O2. The first kappa shape index (κ1) is 19.9. The molecule has 2 aromatic rings. The van der Waals surface area contributed by atoms with Crippen LogP contribution < -0.4 is 15.0 Å². The summed E-state index contributed by atoms with van der Waals surface area (Å²) in [4.78, 5) is 17.6. The van der Waals surface area contributed by atoms with Gasteiger partial charge in [-0.05, 0) is 36.2 Å². The van der Waals surface area contributed by atoms with Crippen LogP contribution in [0.4, 0.5) is 23.4 Å². The van der Waals surface area contributed by atoms with E-state index in [-0.39, 0.29) is 12.3 Å². The quantitative estimate of drug-likeness (QED) is 0.805. The fourth-order valence-electron chi connectivity index (χ4n) is 3.41. The maximum absolute atomic E-state index is 14.1. The van der Waals surface area contributed by atoms with Crippen LogP contribution in [0.5, 0.6) is 5.75 Å². The average Bonchev–Trinajstić information content (AvgIpc) is 2.68. The Balaban J connectivity index is 1.87. The fraction of sp³-hybridized carbons (Fsp3) is 0.368. The number of amides is 1. The standard InChI is InChI=1S/C19H19F4N3O2/c1-28-16-6-5-12(10-14(16)20)13-7-9-26(17-4-2-3-8-24-17)11-15(13)25-18(27)19(21,22)23/h2-6,8,10,13,15H,7,9,11H2,1H3,(H,25,27). The van der Waals surface area contributed by atoms with Crippen LogP contribution in [-0.2, 0) is 4.79 Å². The molecule has 2 heterocycles. The van der Waals surface area contributed by atoms with Gasteiger partial charge in [-0.15, -0.1) is 0 Å². The van der Waals surface area contributed by atoms with Gasteiger partial charge >= 0.3 is 12.1 Å². The third-order valence-electron chi connectivity index (χ3n) is 4.76. The predicted molar refractivity (Wildman–Crippen MR) is 94.7 cm³/mol. The van der Waals surface area contributed by atoms with Crippen molar-refractivity contribution in [3.63, 3.8) is 0 Å². The Bertz CT molecular complexity index is 830. The van der Waals surface area contributed by atoms with Gasteiger partial charge in [-0.1, -0.05) is 12.1 Å². The van der Waals surface area contributed by atoms with Crippen molar-refractivity contribution in [1.29, 1.82) is 0 Å². The number of methoxy groups -OCH3 is 1. The Kier molecular flexibility index (Phi) is 5.71. The number of carbonyl (C=O) groups is 1. The van der Waals surface area contributed by atoms with Crippen LogP contribution in [0.3, 0.4) is 0 Å². The number of piperidine rings is 1. The number of halogens is 4. The number of nitrogens with one attached hydrogen (secondary N) is 1. The highest BCUT2D eigenvalue weighted by Crippen LogP contribution is 2.33. The lowest BCUT2D eigenvalue weighted by Gasteiger charge is -2.40. The Morgan fingerprint density at radius 2 is 2.07 bits per heavy atom. The van der Waals surface area contributed by atoms with E-state index in [2.05, 4.69) is 10.3 Å². The summed E-state index contributed by atoms with van der Waals surface area (Å²) in [5.41, 5.74) is 0.506. The zero-order valence-electron chi connectivity index (χ0n) is 15.0. The van der Waals surface area contributed by atoms with Gasteiger partial charge in [0, 0.05) is 25.2 Å². The molecule has 1 aromatic heterocycles. The summed E-state index contributed by atoms with van der Waals surface area (Å²) in [6, 6.07) is 8.67.